The first-order chi connectivity index (χ1) is 24.0. The minimum Gasteiger partial charge on any atom is -0.483 e. The number of fused-ring (bicyclic) bond motifs is 1. The molecule has 2 aliphatic heterocycles. The molecule has 266 valence electrons. The zero-order chi connectivity index (χ0) is 35.9. The van der Waals surface area contributed by atoms with E-state index in [0.29, 0.717) is 22.9 Å². The molecule has 3 N–H and O–H groups in total. The molecule has 0 spiro atoms. The zero-order valence-electron chi connectivity index (χ0n) is 28.5. The first-order valence-electron chi connectivity index (χ1n) is 16.9. The number of anilines is 1. The average molecular weight is 691 g/mol. The molecule has 1 saturated carbocycles. The number of hydrogen-bond donors (Lipinski definition) is 3. The molecule has 2 aromatic carbocycles. The van der Waals surface area contributed by atoms with Crippen LogP contribution in [0, 0.1) is 11.7 Å². The third-order valence-corrected chi connectivity index (χ3v) is 9.55. The number of nitrogens with one attached hydrogen (secondary N) is 2. The van der Waals surface area contributed by atoms with Gasteiger partial charge in [-0.15, -0.1) is 0 Å². The number of alkyl halides is 1. The number of allylic oxidation sites excluding steroid dienone is 1. The van der Waals surface area contributed by atoms with Gasteiger partial charge in [0.1, 0.15) is 23.7 Å². The highest BCUT2D eigenvalue weighted by Gasteiger charge is 2.40. The van der Waals surface area contributed by atoms with Crippen molar-refractivity contribution in [3.63, 3.8) is 0 Å². The number of carboxylic acid groups (broad SMARTS) is 1. The van der Waals surface area contributed by atoms with Gasteiger partial charge in [-0.2, -0.15) is 0 Å². The van der Waals surface area contributed by atoms with Crippen molar-refractivity contribution in [2.45, 2.75) is 57.4 Å². The Morgan fingerprint density at radius 2 is 1.84 bits per heavy atom. The largest absolute Gasteiger partial charge is 0.483 e. The second-order valence-electron chi connectivity index (χ2n) is 13.2. The number of rotatable bonds is 9. The lowest BCUT2D eigenvalue weighted by Gasteiger charge is -2.39. The predicted octanol–water partition coefficient (Wildman–Crippen LogP) is 4.18. The quantitative estimate of drug-likeness (QED) is 0.285. The van der Waals surface area contributed by atoms with Gasteiger partial charge in [-0.05, 0) is 87.2 Å². The summed E-state index contributed by atoms with van der Waals surface area (Å²) < 4.78 is 28.1. The molecule has 4 atom stereocenters. The molecule has 50 heavy (non-hydrogen) atoms. The van der Waals surface area contributed by atoms with Crippen LogP contribution >= 0.6 is 0 Å². The Bertz CT molecular complexity index is 1750. The van der Waals surface area contributed by atoms with Crippen LogP contribution in [0.3, 0.4) is 0 Å². The van der Waals surface area contributed by atoms with E-state index in [1.54, 1.807) is 6.07 Å². The third kappa shape index (κ3) is 9.00. The summed E-state index contributed by atoms with van der Waals surface area (Å²) in [5.74, 6) is -1.42. The standard InChI is InChI=1S/C36H42F2N6O3.CH2O2/c1-22-20-43(15-14-42(22)3)29-10-11-30(25(17-29)7-6-24-4-5-24)23(2)40-36(47)33-18-28(38)21-44(33)34(45)19-39-35(46)32-12-8-26-16-27(37)9-13-31(26)41-32;2-1-3/h6-13,16-17,22-24,28,33H,4-5,14-15,18-21H2,1-3H3,(H,39,46)(H,40,47);1H,(H,2,3)/b7-6+;/t22-,23-,28+,33-;/m0./s1. The lowest BCUT2D eigenvalue weighted by atomic mass is 9.98. The normalized spacial score (nSPS) is 21.4. The summed E-state index contributed by atoms with van der Waals surface area (Å²) in [5, 5.41) is 13.0. The lowest BCUT2D eigenvalue weighted by Crippen LogP contribution is -2.50. The van der Waals surface area contributed by atoms with E-state index in [0.717, 1.165) is 36.4 Å². The first kappa shape index (κ1) is 36.4. The monoisotopic (exact) mass is 690 g/mol. The number of pyridine rings is 1. The molecule has 2 saturated heterocycles. The predicted molar refractivity (Wildman–Crippen MR) is 187 cm³/mol. The minimum atomic E-state index is -1.36. The van der Waals surface area contributed by atoms with Crippen LogP contribution in [0.4, 0.5) is 14.5 Å². The van der Waals surface area contributed by atoms with E-state index in [1.165, 1.54) is 42.0 Å². The van der Waals surface area contributed by atoms with Gasteiger partial charge in [-0.3, -0.25) is 19.2 Å². The fourth-order valence-electron chi connectivity index (χ4n) is 6.38. The highest BCUT2D eigenvalue weighted by Crippen LogP contribution is 2.33. The molecule has 3 aliphatic rings. The van der Waals surface area contributed by atoms with Crippen molar-refractivity contribution >= 4 is 46.9 Å². The molecule has 6 rings (SSSR count). The molecule has 0 bridgehead atoms. The van der Waals surface area contributed by atoms with E-state index < -0.39 is 42.3 Å². The van der Waals surface area contributed by atoms with E-state index in [2.05, 4.69) is 69.7 Å². The van der Waals surface area contributed by atoms with Gasteiger partial charge in [0.05, 0.1) is 24.6 Å². The topological polar surface area (TPSA) is 135 Å². The Labute approximate surface area is 290 Å². The Kier molecular flexibility index (Phi) is 11.8. The highest BCUT2D eigenvalue weighted by atomic mass is 19.1. The number of aromatic nitrogens is 1. The van der Waals surface area contributed by atoms with E-state index in [-0.39, 0.29) is 31.2 Å². The maximum absolute atomic E-state index is 14.6. The molecule has 3 aromatic rings. The second-order valence-corrected chi connectivity index (χ2v) is 13.2. The van der Waals surface area contributed by atoms with E-state index in [4.69, 9.17) is 9.90 Å². The van der Waals surface area contributed by atoms with Crippen LogP contribution in [-0.4, -0.2) is 102 Å². The van der Waals surface area contributed by atoms with Crippen LogP contribution in [-0.2, 0) is 14.4 Å². The van der Waals surface area contributed by atoms with Crippen LogP contribution in [0.2, 0.25) is 0 Å². The molecule has 3 heterocycles. The van der Waals surface area contributed by atoms with Crippen LogP contribution < -0.4 is 15.5 Å². The van der Waals surface area contributed by atoms with Crippen molar-refractivity contribution in [2.75, 3.05) is 44.7 Å². The summed E-state index contributed by atoms with van der Waals surface area (Å²) in [7, 11) is 2.15. The van der Waals surface area contributed by atoms with Gasteiger partial charge >= 0.3 is 0 Å². The lowest BCUT2D eigenvalue weighted by molar-refractivity contribution is -0.138. The number of nitrogens with zero attached hydrogens (tertiary/aromatic N) is 4. The summed E-state index contributed by atoms with van der Waals surface area (Å²) in [4.78, 5) is 58.0. The molecule has 3 amide bonds. The SMILES string of the molecule is C[C@H](NC(=O)[C@@H]1C[C@@H](F)CN1C(=O)CNC(=O)c1ccc2cc(F)ccc2n1)c1ccc(N2CCN(C)[C@@H](C)C2)cc1/C=C/C1CC1.O=CO. The van der Waals surface area contributed by atoms with Gasteiger partial charge in [0.15, 0.2) is 0 Å². The number of carbonyl (C=O) groups excluding carboxylic acids is 3. The van der Waals surface area contributed by atoms with Crippen molar-refractivity contribution in [3.05, 3.63) is 77.2 Å². The molecular formula is C37H44F2N6O5. The average Bonchev–Trinajstić information content (AvgIpc) is 3.85. The summed E-state index contributed by atoms with van der Waals surface area (Å²) in [6.45, 7) is 6.09. The fourth-order valence-corrected chi connectivity index (χ4v) is 6.38. The van der Waals surface area contributed by atoms with Gasteiger partial charge in [0.2, 0.25) is 11.8 Å². The summed E-state index contributed by atoms with van der Waals surface area (Å²) in [6.07, 6.45) is 5.28. The van der Waals surface area contributed by atoms with E-state index >= 15 is 0 Å². The maximum Gasteiger partial charge on any atom is 0.290 e. The Morgan fingerprint density at radius 3 is 2.56 bits per heavy atom. The Hall–Kier alpha value is -4.91. The van der Waals surface area contributed by atoms with Gasteiger partial charge in [-0.1, -0.05) is 24.3 Å². The van der Waals surface area contributed by atoms with Gasteiger partial charge in [0.25, 0.3) is 12.4 Å². The molecule has 1 aliphatic carbocycles. The summed E-state index contributed by atoms with van der Waals surface area (Å²) in [6, 6.07) is 12.5. The number of piperazine rings is 1. The van der Waals surface area contributed by atoms with Crippen molar-refractivity contribution in [1.82, 2.24) is 25.4 Å². The van der Waals surface area contributed by atoms with Crippen molar-refractivity contribution in [3.8, 4) is 0 Å². The van der Waals surface area contributed by atoms with Crippen LogP contribution in [0.25, 0.3) is 17.0 Å². The zero-order valence-corrected chi connectivity index (χ0v) is 28.5. The first-order valence-corrected chi connectivity index (χ1v) is 16.9. The number of halogens is 2. The van der Waals surface area contributed by atoms with Crippen LogP contribution in [0.1, 0.15) is 60.8 Å². The van der Waals surface area contributed by atoms with Crippen molar-refractivity contribution in [1.29, 1.82) is 0 Å². The summed E-state index contributed by atoms with van der Waals surface area (Å²) >= 11 is 0. The van der Waals surface area contributed by atoms with E-state index in [9.17, 15) is 23.2 Å². The molecular weight excluding hydrogens is 646 g/mol. The molecule has 1 aromatic heterocycles. The maximum atomic E-state index is 14.6. The van der Waals surface area contributed by atoms with Crippen molar-refractivity contribution in [2.24, 2.45) is 5.92 Å². The number of carbonyl (C=O) groups is 4. The van der Waals surface area contributed by atoms with Crippen molar-refractivity contribution < 1.29 is 33.1 Å². The van der Waals surface area contributed by atoms with E-state index in [1.807, 2.05) is 6.92 Å². The second kappa shape index (κ2) is 16.2. The Balaban J connectivity index is 0.00000156. The van der Waals surface area contributed by atoms with Gasteiger partial charge in [-0.25, -0.2) is 13.8 Å². The Morgan fingerprint density at radius 1 is 1.08 bits per heavy atom. The molecule has 0 radical (unpaired) electrons. The number of amides is 3. The number of benzene rings is 2. The fraction of sp³-hybridized carbons (Fsp3) is 0.432. The third-order valence-electron chi connectivity index (χ3n) is 9.55. The number of likely N-dealkylation sites (N-methyl/N-ethyl adjacent to an activating group) is 1. The van der Waals surface area contributed by atoms with Crippen LogP contribution in [0.15, 0.2) is 54.6 Å². The van der Waals surface area contributed by atoms with Gasteiger partial charge in [0, 0.05) is 43.2 Å². The molecule has 11 nitrogen and oxygen atoms in total. The smallest absolute Gasteiger partial charge is 0.290 e. The molecule has 3 fully saturated rings. The van der Waals surface area contributed by atoms with Gasteiger partial charge < -0.3 is 30.4 Å². The summed E-state index contributed by atoms with van der Waals surface area (Å²) in [5.41, 5.74) is 3.62. The van der Waals surface area contributed by atoms with Crippen LogP contribution in [0.5, 0.6) is 0 Å². The number of hydrogen-bond acceptors (Lipinski definition) is 7. The number of likely N-dealkylation sites (tertiary alicyclic amines) is 1. The minimum absolute atomic E-state index is 0.0597. The molecule has 0 unspecified atom stereocenters. The highest BCUT2D eigenvalue weighted by molar-refractivity contribution is 5.97. The molecule has 13 heteroatoms.